The van der Waals surface area contributed by atoms with Gasteiger partial charge in [0, 0.05) is 17.4 Å². The molecule has 1 amide bonds. The lowest BCUT2D eigenvalue weighted by molar-refractivity contribution is -0.150. The molecular weight excluding hydrogens is 393 g/mol. The number of fused-ring (bicyclic) bond motifs is 1. The number of carbonyl (C=O) groups excluding carboxylic acids is 3. The van der Waals surface area contributed by atoms with Gasteiger partial charge in [-0.05, 0) is 51.4 Å². The van der Waals surface area contributed by atoms with Gasteiger partial charge in [0.25, 0.3) is 0 Å². The predicted octanol–water partition coefficient (Wildman–Crippen LogP) is 2.70. The standard InChI is InChI=1S/C21H26FN3O5/c1-3-29-20(27)13-6-5-9-25(11-13)12-17(26)24-18-15-10-14(22)7-8-16(15)23-19(18)21(28)30-4-2/h7-8,10,13,23H,3-6,9,11-12H2,1-2H3,(H,24,26)/t13-/m1/s1. The van der Waals surface area contributed by atoms with Crippen molar-refractivity contribution in [1.82, 2.24) is 9.88 Å². The van der Waals surface area contributed by atoms with Crippen LogP contribution in [0, 0.1) is 11.7 Å². The Bertz CT molecular complexity index is 942. The van der Waals surface area contributed by atoms with Crippen molar-refractivity contribution in [2.75, 3.05) is 38.2 Å². The van der Waals surface area contributed by atoms with Crippen LogP contribution in [0.3, 0.4) is 0 Å². The van der Waals surface area contributed by atoms with E-state index < -0.39 is 11.8 Å². The molecule has 0 bridgehead atoms. The predicted molar refractivity (Wildman–Crippen MR) is 109 cm³/mol. The number of rotatable bonds is 7. The summed E-state index contributed by atoms with van der Waals surface area (Å²) >= 11 is 0. The van der Waals surface area contributed by atoms with Crippen molar-refractivity contribution in [2.24, 2.45) is 5.92 Å². The quantitative estimate of drug-likeness (QED) is 0.670. The van der Waals surface area contributed by atoms with Crippen LogP contribution in [0.1, 0.15) is 37.2 Å². The van der Waals surface area contributed by atoms with Crippen molar-refractivity contribution in [3.8, 4) is 0 Å². The monoisotopic (exact) mass is 419 g/mol. The third kappa shape index (κ3) is 4.96. The minimum Gasteiger partial charge on any atom is -0.466 e. The Kier molecular flexibility index (Phi) is 7.04. The van der Waals surface area contributed by atoms with Crippen LogP contribution < -0.4 is 5.32 Å². The first kappa shape index (κ1) is 21.8. The first-order valence-corrected chi connectivity index (χ1v) is 10.1. The number of amides is 1. The number of carbonyl (C=O) groups is 3. The number of anilines is 1. The van der Waals surface area contributed by atoms with Crippen LogP contribution in [0.2, 0.25) is 0 Å². The molecule has 1 aliphatic rings. The number of ether oxygens (including phenoxy) is 2. The van der Waals surface area contributed by atoms with Gasteiger partial charge in [0.15, 0.2) is 0 Å². The summed E-state index contributed by atoms with van der Waals surface area (Å²) in [5, 5.41) is 3.10. The van der Waals surface area contributed by atoms with Crippen LogP contribution in [0.5, 0.6) is 0 Å². The van der Waals surface area contributed by atoms with E-state index in [2.05, 4.69) is 10.3 Å². The number of benzene rings is 1. The molecule has 1 fully saturated rings. The summed E-state index contributed by atoms with van der Waals surface area (Å²) in [7, 11) is 0. The summed E-state index contributed by atoms with van der Waals surface area (Å²) in [6.45, 7) is 5.07. The molecule has 1 aliphatic heterocycles. The number of esters is 2. The molecular formula is C21H26FN3O5. The van der Waals surface area contributed by atoms with Crippen LogP contribution in [0.15, 0.2) is 18.2 Å². The Morgan fingerprint density at radius 3 is 2.73 bits per heavy atom. The summed E-state index contributed by atoms with van der Waals surface area (Å²) in [6, 6.07) is 4.02. The molecule has 2 aromatic rings. The zero-order valence-electron chi connectivity index (χ0n) is 17.1. The molecule has 1 saturated heterocycles. The van der Waals surface area contributed by atoms with E-state index in [9.17, 15) is 18.8 Å². The molecule has 0 unspecified atom stereocenters. The Balaban J connectivity index is 1.75. The van der Waals surface area contributed by atoms with Crippen molar-refractivity contribution in [3.05, 3.63) is 29.7 Å². The molecule has 0 saturated carbocycles. The number of hydrogen-bond donors (Lipinski definition) is 2. The van der Waals surface area contributed by atoms with Crippen molar-refractivity contribution in [3.63, 3.8) is 0 Å². The van der Waals surface area contributed by atoms with Crippen molar-refractivity contribution in [1.29, 1.82) is 0 Å². The van der Waals surface area contributed by atoms with E-state index >= 15 is 0 Å². The van der Waals surface area contributed by atoms with Gasteiger partial charge < -0.3 is 19.8 Å². The van der Waals surface area contributed by atoms with Crippen LogP contribution in [0.4, 0.5) is 10.1 Å². The van der Waals surface area contributed by atoms with Crippen LogP contribution in [0.25, 0.3) is 10.9 Å². The van der Waals surface area contributed by atoms with E-state index in [0.29, 0.717) is 30.6 Å². The number of likely N-dealkylation sites (tertiary alicyclic amines) is 1. The molecule has 1 aromatic heterocycles. The first-order valence-electron chi connectivity index (χ1n) is 10.1. The summed E-state index contributed by atoms with van der Waals surface area (Å²) in [6.07, 6.45) is 1.51. The molecule has 2 N–H and O–H groups in total. The largest absolute Gasteiger partial charge is 0.466 e. The van der Waals surface area contributed by atoms with Gasteiger partial charge in [0.2, 0.25) is 5.91 Å². The van der Waals surface area contributed by atoms with Gasteiger partial charge in [-0.1, -0.05) is 0 Å². The number of aromatic amines is 1. The molecule has 0 aliphatic carbocycles. The van der Waals surface area contributed by atoms with Gasteiger partial charge in [-0.3, -0.25) is 14.5 Å². The molecule has 8 nitrogen and oxygen atoms in total. The topological polar surface area (TPSA) is 101 Å². The van der Waals surface area contributed by atoms with Crippen LogP contribution in [-0.2, 0) is 19.1 Å². The lowest BCUT2D eigenvalue weighted by Crippen LogP contribution is -2.43. The molecule has 1 aromatic carbocycles. The van der Waals surface area contributed by atoms with E-state index in [1.165, 1.54) is 18.2 Å². The fraction of sp³-hybridized carbons (Fsp3) is 0.476. The zero-order valence-corrected chi connectivity index (χ0v) is 17.1. The van der Waals surface area contributed by atoms with Crippen LogP contribution >= 0.6 is 0 Å². The molecule has 30 heavy (non-hydrogen) atoms. The molecule has 9 heteroatoms. The van der Waals surface area contributed by atoms with E-state index in [1.54, 1.807) is 13.8 Å². The maximum absolute atomic E-state index is 13.8. The van der Waals surface area contributed by atoms with Gasteiger partial charge in [-0.2, -0.15) is 0 Å². The van der Waals surface area contributed by atoms with Gasteiger partial charge in [0.1, 0.15) is 11.5 Å². The SMILES string of the molecule is CCOC(=O)c1[nH]c2ccc(F)cc2c1NC(=O)CN1CCC[C@@H](C(=O)OCC)C1. The summed E-state index contributed by atoms with van der Waals surface area (Å²) in [5.74, 6) is -2.00. The molecule has 162 valence electrons. The lowest BCUT2D eigenvalue weighted by atomic mass is 9.98. The minimum atomic E-state index is -0.634. The third-order valence-electron chi connectivity index (χ3n) is 5.00. The first-order chi connectivity index (χ1) is 14.4. The minimum absolute atomic E-state index is 0.0418. The molecule has 0 radical (unpaired) electrons. The van der Waals surface area contributed by atoms with Gasteiger partial charge in [0.05, 0.1) is 31.4 Å². The summed E-state index contributed by atoms with van der Waals surface area (Å²) in [5.41, 5.74) is 0.760. The Labute approximate surface area is 173 Å². The Morgan fingerprint density at radius 2 is 2.00 bits per heavy atom. The maximum Gasteiger partial charge on any atom is 0.356 e. The van der Waals surface area contributed by atoms with E-state index in [0.717, 1.165) is 12.8 Å². The van der Waals surface area contributed by atoms with Crippen molar-refractivity contribution >= 4 is 34.4 Å². The highest BCUT2D eigenvalue weighted by atomic mass is 19.1. The van der Waals surface area contributed by atoms with Gasteiger partial charge >= 0.3 is 11.9 Å². The number of aromatic nitrogens is 1. The second-order valence-electron chi connectivity index (χ2n) is 7.16. The summed E-state index contributed by atoms with van der Waals surface area (Å²) < 4.78 is 23.9. The molecule has 1 atom stereocenters. The number of nitrogens with zero attached hydrogens (tertiary/aromatic N) is 1. The smallest absolute Gasteiger partial charge is 0.356 e. The van der Waals surface area contributed by atoms with Crippen molar-refractivity contribution < 1.29 is 28.2 Å². The van der Waals surface area contributed by atoms with E-state index in [1.807, 2.05) is 4.90 Å². The number of nitrogens with one attached hydrogen (secondary N) is 2. The highest BCUT2D eigenvalue weighted by Gasteiger charge is 2.28. The average Bonchev–Trinajstić information content (AvgIpc) is 3.06. The van der Waals surface area contributed by atoms with Gasteiger partial charge in [-0.25, -0.2) is 9.18 Å². The lowest BCUT2D eigenvalue weighted by Gasteiger charge is -2.30. The number of piperidine rings is 1. The summed E-state index contributed by atoms with van der Waals surface area (Å²) in [4.78, 5) is 41.8. The average molecular weight is 419 g/mol. The zero-order chi connectivity index (χ0) is 21.7. The van der Waals surface area contributed by atoms with E-state index in [-0.39, 0.29) is 42.3 Å². The number of halogens is 1. The number of hydrogen-bond acceptors (Lipinski definition) is 6. The normalized spacial score (nSPS) is 17.0. The van der Waals surface area contributed by atoms with Gasteiger partial charge in [-0.15, -0.1) is 0 Å². The van der Waals surface area contributed by atoms with E-state index in [4.69, 9.17) is 9.47 Å². The Hall–Kier alpha value is -2.94. The second-order valence-corrected chi connectivity index (χ2v) is 7.16. The molecule has 0 spiro atoms. The van der Waals surface area contributed by atoms with Crippen LogP contribution in [-0.4, -0.2) is 60.6 Å². The fourth-order valence-electron chi connectivity index (χ4n) is 3.68. The molecule has 2 heterocycles. The number of H-pyrrole nitrogens is 1. The maximum atomic E-state index is 13.8. The highest BCUT2D eigenvalue weighted by Crippen LogP contribution is 2.29. The third-order valence-corrected chi connectivity index (χ3v) is 5.00. The fourth-order valence-corrected chi connectivity index (χ4v) is 3.68. The van der Waals surface area contributed by atoms with Crippen molar-refractivity contribution in [2.45, 2.75) is 26.7 Å². The Morgan fingerprint density at radius 1 is 1.23 bits per heavy atom. The second kappa shape index (κ2) is 9.71. The highest BCUT2D eigenvalue weighted by molar-refractivity contribution is 6.11. The molecule has 3 rings (SSSR count).